The Hall–Kier alpha value is -0.863. The Kier molecular flexibility index (Phi) is 3.67. The predicted molar refractivity (Wildman–Crippen MR) is 64.3 cm³/mol. The molecule has 1 nitrogen and oxygen atoms in total. The molecule has 1 aromatic rings. The van der Waals surface area contributed by atoms with Gasteiger partial charge in [0.15, 0.2) is 0 Å². The highest BCUT2D eigenvalue weighted by Crippen LogP contribution is 2.06. The van der Waals surface area contributed by atoms with E-state index in [-0.39, 0.29) is 0 Å². The van der Waals surface area contributed by atoms with E-state index in [0.29, 0.717) is 6.61 Å². The van der Waals surface area contributed by atoms with E-state index in [4.69, 9.17) is 4.43 Å². The summed E-state index contributed by atoms with van der Waals surface area (Å²) in [6.07, 6.45) is 0. The lowest BCUT2D eigenvalue weighted by atomic mass is 10.4. The first-order valence-corrected chi connectivity index (χ1v) is 7.77. The quantitative estimate of drug-likeness (QED) is 0.543. The largest absolute Gasteiger partial charge is 0.409 e. The molecular formula is C12H18OSi. The van der Waals surface area contributed by atoms with Crippen LogP contribution in [0.1, 0.15) is 6.92 Å². The van der Waals surface area contributed by atoms with E-state index in [1.54, 1.807) is 0 Å². The van der Waals surface area contributed by atoms with E-state index in [1.807, 2.05) is 13.0 Å². The fraction of sp³-hybridized carbons (Fsp3) is 0.333. The second-order valence-electron chi connectivity index (χ2n) is 4.12. The van der Waals surface area contributed by atoms with E-state index in [9.17, 15) is 0 Å². The zero-order valence-electron chi connectivity index (χ0n) is 9.21. The van der Waals surface area contributed by atoms with Crippen LogP contribution in [0, 0.1) is 0 Å². The van der Waals surface area contributed by atoms with Crippen molar-refractivity contribution in [3.63, 3.8) is 0 Å². The molecule has 0 aliphatic carbocycles. The van der Waals surface area contributed by atoms with Gasteiger partial charge in [-0.25, -0.2) is 0 Å². The zero-order chi connectivity index (χ0) is 10.6. The Morgan fingerprint density at radius 2 is 1.86 bits per heavy atom. The van der Waals surface area contributed by atoms with Gasteiger partial charge in [-0.3, -0.25) is 0 Å². The van der Waals surface area contributed by atoms with Crippen LogP contribution in [0.5, 0.6) is 0 Å². The van der Waals surface area contributed by atoms with Crippen molar-refractivity contribution in [2.45, 2.75) is 20.0 Å². The van der Waals surface area contributed by atoms with Crippen molar-refractivity contribution >= 4 is 13.5 Å². The second kappa shape index (κ2) is 4.58. The molecule has 0 unspecified atom stereocenters. The molecule has 0 aromatic heterocycles. The summed E-state index contributed by atoms with van der Waals surface area (Å²) < 4.78 is 5.92. The molecule has 0 spiro atoms. The van der Waals surface area contributed by atoms with Gasteiger partial charge in [0.2, 0.25) is 8.32 Å². The summed E-state index contributed by atoms with van der Waals surface area (Å²) in [5.41, 5.74) is 1.08. The van der Waals surface area contributed by atoms with Crippen molar-refractivity contribution in [1.82, 2.24) is 0 Å². The van der Waals surface area contributed by atoms with Gasteiger partial charge in [0.25, 0.3) is 0 Å². The minimum atomic E-state index is -1.70. The monoisotopic (exact) mass is 206 g/mol. The van der Waals surface area contributed by atoms with Gasteiger partial charge in [0, 0.05) is 0 Å². The number of rotatable bonds is 4. The molecule has 0 N–H and O–H groups in total. The molecule has 1 aromatic carbocycles. The normalized spacial score (nSPS) is 11.4. The molecule has 1 rings (SSSR count). The lowest BCUT2D eigenvalue weighted by Gasteiger charge is -2.23. The Labute approximate surface area is 87.5 Å². The molecule has 0 aliphatic rings. The fourth-order valence-corrected chi connectivity index (χ4v) is 3.00. The number of hydrogen-bond acceptors (Lipinski definition) is 1. The number of hydrogen-bond donors (Lipinski definition) is 0. The van der Waals surface area contributed by atoms with E-state index < -0.39 is 8.32 Å². The summed E-state index contributed by atoms with van der Waals surface area (Å²) in [6.45, 7) is 10.9. The van der Waals surface area contributed by atoms with Crippen LogP contribution in [0.25, 0.3) is 0 Å². The molecule has 0 heterocycles. The predicted octanol–water partition coefficient (Wildman–Crippen LogP) is 2.69. The number of benzene rings is 1. The van der Waals surface area contributed by atoms with Gasteiger partial charge in [-0.15, -0.1) is 0 Å². The molecule has 0 aliphatic heterocycles. The van der Waals surface area contributed by atoms with Crippen LogP contribution in [0.2, 0.25) is 13.1 Å². The highest BCUT2D eigenvalue weighted by atomic mass is 28.4. The first-order valence-electron chi connectivity index (χ1n) is 4.86. The second-order valence-corrected chi connectivity index (χ2v) is 8.01. The lowest BCUT2D eigenvalue weighted by Crippen LogP contribution is -2.44. The van der Waals surface area contributed by atoms with Crippen LogP contribution >= 0.6 is 0 Å². The Balaban J connectivity index is 2.70. The van der Waals surface area contributed by atoms with Crippen molar-refractivity contribution in [2.75, 3.05) is 6.61 Å². The standard InChI is InChI=1S/C12H18OSi/c1-11(2)10-13-14(3,4)12-8-6-5-7-9-12/h5-9H,1,10H2,2-4H3. The molecule has 76 valence electrons. The molecule has 0 fully saturated rings. The third kappa shape index (κ3) is 3.12. The summed E-state index contributed by atoms with van der Waals surface area (Å²) in [5, 5.41) is 1.33. The van der Waals surface area contributed by atoms with Crippen molar-refractivity contribution in [3.05, 3.63) is 42.5 Å². The summed E-state index contributed by atoms with van der Waals surface area (Å²) in [4.78, 5) is 0. The molecule has 2 heteroatoms. The van der Waals surface area contributed by atoms with Gasteiger partial charge in [0.1, 0.15) is 0 Å². The maximum absolute atomic E-state index is 5.92. The Bertz CT molecular complexity index is 303. The minimum Gasteiger partial charge on any atom is -0.409 e. The van der Waals surface area contributed by atoms with Gasteiger partial charge in [-0.2, -0.15) is 0 Å². The summed E-state index contributed by atoms with van der Waals surface area (Å²) in [6, 6.07) is 10.4. The molecule has 14 heavy (non-hydrogen) atoms. The van der Waals surface area contributed by atoms with Crippen LogP contribution in [0.4, 0.5) is 0 Å². The average Bonchev–Trinajstić information content (AvgIpc) is 2.16. The fourth-order valence-electron chi connectivity index (χ4n) is 1.23. The highest BCUT2D eigenvalue weighted by molar-refractivity contribution is 6.84. The lowest BCUT2D eigenvalue weighted by molar-refractivity contribution is 0.352. The van der Waals surface area contributed by atoms with E-state index >= 15 is 0 Å². The third-order valence-corrected chi connectivity index (χ3v) is 4.74. The van der Waals surface area contributed by atoms with Crippen LogP contribution in [-0.2, 0) is 4.43 Å². The first-order chi connectivity index (χ1) is 6.52. The summed E-state index contributed by atoms with van der Waals surface area (Å²) in [7, 11) is -1.70. The SMILES string of the molecule is C=C(C)CO[Si](C)(C)c1ccccc1. The zero-order valence-corrected chi connectivity index (χ0v) is 10.2. The van der Waals surface area contributed by atoms with Gasteiger partial charge in [-0.05, 0) is 25.2 Å². The molecule has 0 amide bonds. The molecule has 0 bridgehead atoms. The van der Waals surface area contributed by atoms with Crippen LogP contribution in [0.3, 0.4) is 0 Å². The Morgan fingerprint density at radius 3 is 2.36 bits per heavy atom. The van der Waals surface area contributed by atoms with Crippen molar-refractivity contribution in [2.24, 2.45) is 0 Å². The first kappa shape index (κ1) is 11.2. The molecule has 0 radical (unpaired) electrons. The minimum absolute atomic E-state index is 0.675. The van der Waals surface area contributed by atoms with Crippen molar-refractivity contribution in [3.8, 4) is 0 Å². The maximum atomic E-state index is 5.92. The van der Waals surface area contributed by atoms with Crippen molar-refractivity contribution in [1.29, 1.82) is 0 Å². The molecule has 0 atom stereocenters. The summed E-state index contributed by atoms with van der Waals surface area (Å²) >= 11 is 0. The van der Waals surface area contributed by atoms with Crippen molar-refractivity contribution < 1.29 is 4.43 Å². The topological polar surface area (TPSA) is 9.23 Å². The Morgan fingerprint density at radius 1 is 1.29 bits per heavy atom. The smallest absolute Gasteiger partial charge is 0.218 e. The highest BCUT2D eigenvalue weighted by Gasteiger charge is 2.24. The van der Waals surface area contributed by atoms with E-state index in [0.717, 1.165) is 5.57 Å². The van der Waals surface area contributed by atoms with Crippen LogP contribution in [0.15, 0.2) is 42.5 Å². The van der Waals surface area contributed by atoms with Gasteiger partial charge >= 0.3 is 0 Å². The van der Waals surface area contributed by atoms with Gasteiger partial charge < -0.3 is 4.43 Å². The summed E-state index contributed by atoms with van der Waals surface area (Å²) in [5.74, 6) is 0. The molecular weight excluding hydrogens is 188 g/mol. The third-order valence-electron chi connectivity index (χ3n) is 2.15. The van der Waals surface area contributed by atoms with Crippen LogP contribution < -0.4 is 5.19 Å². The van der Waals surface area contributed by atoms with Crippen LogP contribution in [-0.4, -0.2) is 14.9 Å². The maximum Gasteiger partial charge on any atom is 0.218 e. The van der Waals surface area contributed by atoms with Gasteiger partial charge in [-0.1, -0.05) is 42.5 Å². The van der Waals surface area contributed by atoms with E-state index in [2.05, 4.69) is 43.9 Å². The molecule has 0 saturated heterocycles. The van der Waals surface area contributed by atoms with E-state index in [1.165, 1.54) is 5.19 Å². The molecule has 0 saturated carbocycles. The average molecular weight is 206 g/mol. The van der Waals surface area contributed by atoms with Gasteiger partial charge in [0.05, 0.1) is 6.61 Å².